The number of amides is 1. The molecule has 0 aliphatic carbocycles. The largest absolute Gasteiger partial charge is 0.493 e. The first-order chi connectivity index (χ1) is 15.5. The summed E-state index contributed by atoms with van der Waals surface area (Å²) in [6.45, 7) is 1.81. The Kier molecular flexibility index (Phi) is 8.80. The molecule has 0 fully saturated rings. The number of carbonyl (C=O) groups excluding carboxylic acids is 1. The van der Waals surface area contributed by atoms with E-state index in [-0.39, 0.29) is 5.91 Å². The van der Waals surface area contributed by atoms with Gasteiger partial charge in [0.05, 0.1) is 17.2 Å². The summed E-state index contributed by atoms with van der Waals surface area (Å²) < 4.78 is 11.4. The topological polar surface area (TPSA) is 64.8 Å². The van der Waals surface area contributed by atoms with Crippen LogP contribution in [0.15, 0.2) is 66.7 Å². The number of ether oxygens (including phenoxy) is 2. The van der Waals surface area contributed by atoms with Gasteiger partial charge in [0.1, 0.15) is 6.61 Å². The molecule has 0 bridgehead atoms. The van der Waals surface area contributed by atoms with E-state index in [0.29, 0.717) is 59.8 Å². The first kappa shape index (κ1) is 23.9. The smallest absolute Gasteiger partial charge is 0.254 e. The molecule has 2 N–H and O–H groups in total. The van der Waals surface area contributed by atoms with Crippen LogP contribution in [0, 0.1) is 0 Å². The first-order valence-corrected chi connectivity index (χ1v) is 11.1. The molecule has 0 radical (unpaired) electrons. The zero-order valence-electron chi connectivity index (χ0n) is 17.9. The average molecular weight is 473 g/mol. The lowest BCUT2D eigenvalue weighted by molar-refractivity contribution is 0.0741. The van der Waals surface area contributed by atoms with Crippen LogP contribution in [0.3, 0.4) is 0 Å². The van der Waals surface area contributed by atoms with Crippen LogP contribution in [0.25, 0.3) is 0 Å². The van der Waals surface area contributed by atoms with Crippen molar-refractivity contribution in [1.29, 1.82) is 0 Å². The summed E-state index contributed by atoms with van der Waals surface area (Å²) in [4.78, 5) is 15.0. The molecule has 0 saturated carbocycles. The Hall–Kier alpha value is -2.73. The van der Waals surface area contributed by atoms with Crippen LogP contribution >= 0.6 is 23.2 Å². The van der Waals surface area contributed by atoms with E-state index >= 15 is 0 Å². The van der Waals surface area contributed by atoms with Crippen molar-refractivity contribution in [1.82, 2.24) is 4.90 Å². The van der Waals surface area contributed by atoms with Crippen molar-refractivity contribution in [3.05, 3.63) is 93.5 Å². The zero-order valence-corrected chi connectivity index (χ0v) is 19.4. The van der Waals surface area contributed by atoms with Crippen molar-refractivity contribution in [3.8, 4) is 11.5 Å². The van der Waals surface area contributed by atoms with Crippen molar-refractivity contribution in [3.63, 3.8) is 0 Å². The van der Waals surface area contributed by atoms with Gasteiger partial charge in [-0.05, 0) is 54.4 Å². The standard InChI is InChI=1S/C25H26Cl2N2O3/c1-31-24-15-20(9-11-23(24)32-17-18-6-3-2-4-7-18)25(30)29(13-5-12-28)16-19-8-10-21(26)22(27)14-19/h2-4,6-11,14-15H,5,12-13,16-17,28H2,1H3. The second-order valence-electron chi connectivity index (χ2n) is 7.26. The number of benzene rings is 3. The van der Waals surface area contributed by atoms with Gasteiger partial charge in [0.15, 0.2) is 11.5 Å². The highest BCUT2D eigenvalue weighted by atomic mass is 35.5. The molecule has 168 valence electrons. The fourth-order valence-electron chi connectivity index (χ4n) is 3.23. The molecule has 0 saturated heterocycles. The van der Waals surface area contributed by atoms with E-state index in [2.05, 4.69) is 0 Å². The lowest BCUT2D eigenvalue weighted by atomic mass is 10.1. The number of carbonyl (C=O) groups is 1. The molecule has 0 aromatic heterocycles. The maximum Gasteiger partial charge on any atom is 0.254 e. The minimum Gasteiger partial charge on any atom is -0.493 e. The highest BCUT2D eigenvalue weighted by Gasteiger charge is 2.19. The maximum atomic E-state index is 13.3. The van der Waals surface area contributed by atoms with E-state index in [1.807, 2.05) is 36.4 Å². The molecule has 0 aliphatic heterocycles. The third-order valence-electron chi connectivity index (χ3n) is 4.92. The Balaban J connectivity index is 1.77. The summed E-state index contributed by atoms with van der Waals surface area (Å²) in [6, 6.07) is 20.4. The van der Waals surface area contributed by atoms with E-state index in [9.17, 15) is 4.79 Å². The molecule has 3 aromatic rings. The highest BCUT2D eigenvalue weighted by molar-refractivity contribution is 6.42. The molecule has 3 rings (SSSR count). The summed E-state index contributed by atoms with van der Waals surface area (Å²) in [5, 5.41) is 0.933. The Morgan fingerprint density at radius 3 is 2.41 bits per heavy atom. The van der Waals surface area contributed by atoms with E-state index in [4.69, 9.17) is 38.4 Å². The van der Waals surface area contributed by atoms with Crippen LogP contribution < -0.4 is 15.2 Å². The fraction of sp³-hybridized carbons (Fsp3) is 0.240. The number of halogens is 2. The van der Waals surface area contributed by atoms with Crippen LogP contribution in [0.4, 0.5) is 0 Å². The molecule has 0 heterocycles. The van der Waals surface area contributed by atoms with Crippen LogP contribution in [0.1, 0.15) is 27.9 Å². The molecule has 1 amide bonds. The van der Waals surface area contributed by atoms with Gasteiger partial charge in [-0.15, -0.1) is 0 Å². The van der Waals surface area contributed by atoms with Crippen molar-refractivity contribution < 1.29 is 14.3 Å². The minimum atomic E-state index is -0.127. The highest BCUT2D eigenvalue weighted by Crippen LogP contribution is 2.30. The Bertz CT molecular complexity index is 1040. The summed E-state index contributed by atoms with van der Waals surface area (Å²) in [6.07, 6.45) is 0.683. The third kappa shape index (κ3) is 6.39. The molecule has 5 nitrogen and oxygen atoms in total. The number of methoxy groups -OCH3 is 1. The van der Waals surface area contributed by atoms with Gasteiger partial charge in [-0.2, -0.15) is 0 Å². The predicted molar refractivity (Wildman–Crippen MR) is 129 cm³/mol. The van der Waals surface area contributed by atoms with Gasteiger partial charge in [-0.25, -0.2) is 0 Å². The van der Waals surface area contributed by atoms with Gasteiger partial charge in [0.2, 0.25) is 0 Å². The maximum absolute atomic E-state index is 13.3. The Labute approximate surface area is 198 Å². The number of nitrogens with two attached hydrogens (primary N) is 1. The molecular formula is C25H26Cl2N2O3. The molecule has 0 spiro atoms. The molecule has 0 aliphatic rings. The molecule has 32 heavy (non-hydrogen) atoms. The van der Waals surface area contributed by atoms with Crippen molar-refractivity contribution in [2.75, 3.05) is 20.2 Å². The van der Waals surface area contributed by atoms with Crippen molar-refractivity contribution in [2.45, 2.75) is 19.6 Å². The van der Waals surface area contributed by atoms with E-state index in [1.165, 1.54) is 0 Å². The van der Waals surface area contributed by atoms with Crippen molar-refractivity contribution >= 4 is 29.1 Å². The SMILES string of the molecule is COc1cc(C(=O)N(CCCN)Cc2ccc(Cl)c(Cl)c2)ccc1OCc1ccccc1. The van der Waals surface area contributed by atoms with Gasteiger partial charge in [0, 0.05) is 18.7 Å². The fourth-order valence-corrected chi connectivity index (χ4v) is 3.55. The Morgan fingerprint density at radius 2 is 1.72 bits per heavy atom. The predicted octanol–water partition coefficient (Wildman–Crippen LogP) is 5.57. The lowest BCUT2D eigenvalue weighted by Crippen LogP contribution is -2.32. The van der Waals surface area contributed by atoms with Crippen molar-refractivity contribution in [2.24, 2.45) is 5.73 Å². The number of hydrogen-bond acceptors (Lipinski definition) is 4. The molecular weight excluding hydrogens is 447 g/mol. The summed E-state index contributed by atoms with van der Waals surface area (Å²) >= 11 is 12.2. The van der Waals surface area contributed by atoms with E-state index in [0.717, 1.165) is 11.1 Å². The quantitative estimate of drug-likeness (QED) is 0.418. The molecule has 0 atom stereocenters. The van der Waals surface area contributed by atoms with Crippen LogP contribution in [0.2, 0.25) is 10.0 Å². The Morgan fingerprint density at radius 1 is 0.938 bits per heavy atom. The van der Waals surface area contributed by atoms with Gasteiger partial charge in [-0.3, -0.25) is 4.79 Å². The van der Waals surface area contributed by atoms with Gasteiger partial charge in [-0.1, -0.05) is 59.6 Å². The summed E-state index contributed by atoms with van der Waals surface area (Å²) in [5.41, 5.74) is 8.13. The van der Waals surface area contributed by atoms with Gasteiger partial charge < -0.3 is 20.1 Å². The van der Waals surface area contributed by atoms with Crippen LogP contribution in [0.5, 0.6) is 11.5 Å². The average Bonchev–Trinajstić information content (AvgIpc) is 2.82. The van der Waals surface area contributed by atoms with Crippen LogP contribution in [-0.4, -0.2) is 31.0 Å². The monoisotopic (exact) mass is 472 g/mol. The summed E-state index contributed by atoms with van der Waals surface area (Å²) in [5.74, 6) is 0.948. The van der Waals surface area contributed by atoms with E-state index < -0.39 is 0 Å². The van der Waals surface area contributed by atoms with Gasteiger partial charge >= 0.3 is 0 Å². The molecule has 7 heteroatoms. The molecule has 0 unspecified atom stereocenters. The lowest BCUT2D eigenvalue weighted by Gasteiger charge is -2.23. The third-order valence-corrected chi connectivity index (χ3v) is 5.66. The van der Waals surface area contributed by atoms with E-state index in [1.54, 1.807) is 42.3 Å². The minimum absolute atomic E-state index is 0.127. The van der Waals surface area contributed by atoms with Gasteiger partial charge in [0.25, 0.3) is 5.91 Å². The normalized spacial score (nSPS) is 10.6. The second kappa shape index (κ2) is 11.8. The molecule has 3 aromatic carbocycles. The second-order valence-corrected chi connectivity index (χ2v) is 8.07. The first-order valence-electron chi connectivity index (χ1n) is 10.3. The number of nitrogens with zero attached hydrogens (tertiary/aromatic N) is 1. The number of rotatable bonds is 10. The number of hydrogen-bond donors (Lipinski definition) is 1. The zero-order chi connectivity index (χ0) is 22.9. The summed E-state index contributed by atoms with van der Waals surface area (Å²) in [7, 11) is 1.56. The van der Waals surface area contributed by atoms with Crippen LogP contribution in [-0.2, 0) is 13.2 Å².